The smallest absolute Gasteiger partial charge is 0.324 e. The third kappa shape index (κ3) is 4.92. The lowest BCUT2D eigenvalue weighted by Gasteiger charge is -2.14. The number of hydrogen-bond donors (Lipinski definition) is 1. The molecule has 0 aliphatic carbocycles. The molecule has 1 N–H and O–H groups in total. The summed E-state index contributed by atoms with van der Waals surface area (Å²) in [6.45, 7) is 1.27. The first kappa shape index (κ1) is 13.6. The minimum absolute atomic E-state index is 0.138. The zero-order valence-electron chi connectivity index (χ0n) is 9.46. The van der Waals surface area contributed by atoms with Crippen LogP contribution in [0.1, 0.15) is 17.7 Å². The van der Waals surface area contributed by atoms with Crippen molar-refractivity contribution in [2.75, 3.05) is 13.6 Å². The lowest BCUT2D eigenvalue weighted by molar-refractivity contribution is -0.380. The Labute approximate surface area is 103 Å². The summed E-state index contributed by atoms with van der Waals surface area (Å²) in [5.74, 6) is -0.801. The van der Waals surface area contributed by atoms with Gasteiger partial charge in [-0.05, 0) is 26.1 Å². The third-order valence-electron chi connectivity index (χ3n) is 2.18. The minimum atomic E-state index is -0.801. The van der Waals surface area contributed by atoms with Crippen LogP contribution in [0.15, 0.2) is 12.1 Å². The van der Waals surface area contributed by atoms with Crippen LogP contribution in [0.2, 0.25) is 0 Å². The molecule has 6 nitrogen and oxygen atoms in total. The molecule has 17 heavy (non-hydrogen) atoms. The molecule has 0 amide bonds. The van der Waals surface area contributed by atoms with Crippen LogP contribution < -0.4 is 0 Å². The molecular weight excluding hydrogens is 244 g/mol. The van der Waals surface area contributed by atoms with Gasteiger partial charge in [0, 0.05) is 23.9 Å². The molecule has 1 heterocycles. The van der Waals surface area contributed by atoms with Crippen LogP contribution in [0.5, 0.6) is 0 Å². The van der Waals surface area contributed by atoms with E-state index in [0.29, 0.717) is 19.5 Å². The number of aliphatic carboxylic acids is 1. The molecule has 0 aliphatic rings. The van der Waals surface area contributed by atoms with Gasteiger partial charge in [-0.3, -0.25) is 14.9 Å². The summed E-state index contributed by atoms with van der Waals surface area (Å²) in [4.78, 5) is 23.3. The molecular formula is C10H14N2O4S. The SMILES string of the molecule is CN(CCCC(=O)O)Cc1ccc([N+](=O)[O-])s1. The topological polar surface area (TPSA) is 83.7 Å². The van der Waals surface area contributed by atoms with Crippen LogP contribution in [0, 0.1) is 10.1 Å². The first-order valence-corrected chi connectivity index (χ1v) is 5.94. The molecule has 7 heteroatoms. The molecule has 94 valence electrons. The van der Waals surface area contributed by atoms with E-state index in [4.69, 9.17) is 5.11 Å². The van der Waals surface area contributed by atoms with Gasteiger partial charge in [0.1, 0.15) is 0 Å². The lowest BCUT2D eigenvalue weighted by Crippen LogP contribution is -2.19. The van der Waals surface area contributed by atoms with Gasteiger partial charge in [-0.2, -0.15) is 0 Å². The van der Waals surface area contributed by atoms with Crippen molar-refractivity contribution in [2.24, 2.45) is 0 Å². The number of nitrogens with zero attached hydrogens (tertiary/aromatic N) is 2. The highest BCUT2D eigenvalue weighted by molar-refractivity contribution is 7.15. The molecule has 0 bridgehead atoms. The molecule has 1 aromatic heterocycles. The maximum Gasteiger partial charge on any atom is 0.324 e. The lowest BCUT2D eigenvalue weighted by atomic mass is 10.3. The highest BCUT2D eigenvalue weighted by atomic mass is 32.1. The van der Waals surface area contributed by atoms with Gasteiger partial charge < -0.3 is 10.0 Å². The van der Waals surface area contributed by atoms with E-state index in [1.807, 2.05) is 11.9 Å². The zero-order chi connectivity index (χ0) is 12.8. The molecule has 0 fully saturated rings. The summed E-state index contributed by atoms with van der Waals surface area (Å²) in [6.07, 6.45) is 0.730. The van der Waals surface area contributed by atoms with Crippen molar-refractivity contribution in [1.82, 2.24) is 4.90 Å². The van der Waals surface area contributed by atoms with Crippen LogP contribution in [-0.4, -0.2) is 34.5 Å². The predicted octanol–water partition coefficient (Wildman–Crippen LogP) is 1.95. The Morgan fingerprint density at radius 3 is 2.82 bits per heavy atom. The van der Waals surface area contributed by atoms with E-state index < -0.39 is 10.9 Å². The highest BCUT2D eigenvalue weighted by Crippen LogP contribution is 2.24. The van der Waals surface area contributed by atoms with Crippen LogP contribution in [0.3, 0.4) is 0 Å². The standard InChI is InChI=1S/C10H14N2O4S/c1-11(6-2-3-10(13)14)7-8-4-5-9(17-8)12(15)16/h4-5H,2-3,6-7H2,1H3,(H,13,14). The molecule has 1 aromatic rings. The summed E-state index contributed by atoms with van der Waals surface area (Å²) < 4.78 is 0. The Morgan fingerprint density at radius 1 is 1.59 bits per heavy atom. The fourth-order valence-electron chi connectivity index (χ4n) is 1.39. The van der Waals surface area contributed by atoms with E-state index in [1.165, 1.54) is 6.07 Å². The fraction of sp³-hybridized carbons (Fsp3) is 0.500. The summed E-state index contributed by atoms with van der Waals surface area (Å²) in [5.41, 5.74) is 0. The van der Waals surface area contributed by atoms with Gasteiger partial charge in [-0.25, -0.2) is 0 Å². The maximum absolute atomic E-state index is 10.5. The molecule has 0 unspecified atom stereocenters. The maximum atomic E-state index is 10.5. The first-order chi connectivity index (χ1) is 7.99. The summed E-state index contributed by atoms with van der Waals surface area (Å²) >= 11 is 1.15. The second kappa shape index (κ2) is 6.31. The number of thiophene rings is 1. The van der Waals surface area contributed by atoms with E-state index in [-0.39, 0.29) is 11.4 Å². The molecule has 0 spiro atoms. The molecule has 0 aliphatic heterocycles. The van der Waals surface area contributed by atoms with E-state index in [9.17, 15) is 14.9 Å². The molecule has 0 atom stereocenters. The van der Waals surface area contributed by atoms with Crippen molar-refractivity contribution < 1.29 is 14.8 Å². The van der Waals surface area contributed by atoms with Gasteiger partial charge in [0.15, 0.2) is 0 Å². The molecule has 0 saturated heterocycles. The monoisotopic (exact) mass is 258 g/mol. The Bertz CT molecular complexity index is 405. The average molecular weight is 258 g/mol. The summed E-state index contributed by atoms with van der Waals surface area (Å²) in [6, 6.07) is 3.22. The Morgan fingerprint density at radius 2 is 2.29 bits per heavy atom. The van der Waals surface area contributed by atoms with E-state index in [2.05, 4.69) is 0 Å². The Balaban J connectivity index is 2.36. The molecule has 0 aromatic carbocycles. The number of carbonyl (C=O) groups is 1. The minimum Gasteiger partial charge on any atom is -0.481 e. The quantitative estimate of drug-likeness (QED) is 0.597. The van der Waals surface area contributed by atoms with Gasteiger partial charge in [-0.1, -0.05) is 11.3 Å². The Kier molecular flexibility index (Phi) is 5.05. The predicted molar refractivity (Wildman–Crippen MR) is 64.2 cm³/mol. The first-order valence-electron chi connectivity index (χ1n) is 5.12. The van der Waals surface area contributed by atoms with E-state index in [1.54, 1.807) is 6.07 Å². The van der Waals surface area contributed by atoms with E-state index in [0.717, 1.165) is 16.2 Å². The van der Waals surface area contributed by atoms with Crippen LogP contribution in [0.25, 0.3) is 0 Å². The largest absolute Gasteiger partial charge is 0.481 e. The van der Waals surface area contributed by atoms with Crippen LogP contribution in [0.4, 0.5) is 5.00 Å². The second-order valence-electron chi connectivity index (χ2n) is 3.73. The number of carboxylic acid groups (broad SMARTS) is 1. The van der Waals surface area contributed by atoms with Gasteiger partial charge >= 0.3 is 11.0 Å². The van der Waals surface area contributed by atoms with Gasteiger partial charge in [0.25, 0.3) is 0 Å². The molecule has 1 rings (SSSR count). The van der Waals surface area contributed by atoms with Gasteiger partial charge in [0.2, 0.25) is 0 Å². The number of nitro groups is 1. The van der Waals surface area contributed by atoms with Crippen LogP contribution in [-0.2, 0) is 11.3 Å². The average Bonchev–Trinajstić information content (AvgIpc) is 2.65. The van der Waals surface area contributed by atoms with Crippen molar-refractivity contribution in [1.29, 1.82) is 0 Å². The normalized spacial score (nSPS) is 10.7. The molecule has 0 saturated carbocycles. The van der Waals surface area contributed by atoms with Crippen LogP contribution >= 0.6 is 11.3 Å². The summed E-state index contributed by atoms with van der Waals surface area (Å²) in [5, 5.41) is 19.1. The van der Waals surface area contributed by atoms with Gasteiger partial charge in [-0.15, -0.1) is 0 Å². The Hall–Kier alpha value is -1.47. The highest BCUT2D eigenvalue weighted by Gasteiger charge is 2.11. The van der Waals surface area contributed by atoms with E-state index >= 15 is 0 Å². The molecule has 0 radical (unpaired) electrons. The third-order valence-corrected chi connectivity index (χ3v) is 3.21. The van der Waals surface area contributed by atoms with Gasteiger partial charge in [0.05, 0.1) is 4.92 Å². The summed E-state index contributed by atoms with van der Waals surface area (Å²) in [7, 11) is 1.87. The number of rotatable bonds is 7. The fourth-order valence-corrected chi connectivity index (χ4v) is 2.30. The van der Waals surface area contributed by atoms with Crippen molar-refractivity contribution in [3.8, 4) is 0 Å². The van der Waals surface area contributed by atoms with Crippen molar-refractivity contribution in [3.63, 3.8) is 0 Å². The van der Waals surface area contributed by atoms with Crippen molar-refractivity contribution >= 4 is 22.3 Å². The zero-order valence-corrected chi connectivity index (χ0v) is 10.3. The second-order valence-corrected chi connectivity index (χ2v) is 4.88. The number of hydrogen-bond acceptors (Lipinski definition) is 5. The number of carboxylic acids is 1. The van der Waals surface area contributed by atoms with Crippen molar-refractivity contribution in [3.05, 3.63) is 27.1 Å². The van der Waals surface area contributed by atoms with Crippen molar-refractivity contribution in [2.45, 2.75) is 19.4 Å².